The third-order valence-corrected chi connectivity index (χ3v) is 3.24. The highest BCUT2D eigenvalue weighted by atomic mass is 79.9. The zero-order valence-electron chi connectivity index (χ0n) is 8.09. The first kappa shape index (κ1) is 10.2. The number of hydrogen-bond donors (Lipinski definition) is 2. The summed E-state index contributed by atoms with van der Waals surface area (Å²) >= 11 is 3.29. The maximum absolute atomic E-state index is 9.19. The van der Waals surface area contributed by atoms with Gasteiger partial charge in [-0.2, -0.15) is 0 Å². The standard InChI is InChI=1S/C10H14BrNO2/c1-10(6-13)4-7(5-12-10)8-2-3-9(11)14-8/h2-3,7,12-13H,4-6H2,1H3. The second-order valence-corrected chi connectivity index (χ2v) is 4.92. The Bertz CT molecular complexity index is 326. The van der Waals surface area contributed by atoms with Crippen LogP contribution in [-0.2, 0) is 0 Å². The fraction of sp³-hybridized carbons (Fsp3) is 0.600. The molecule has 78 valence electrons. The van der Waals surface area contributed by atoms with E-state index in [2.05, 4.69) is 21.2 Å². The number of nitrogens with one attached hydrogen (secondary N) is 1. The van der Waals surface area contributed by atoms with E-state index < -0.39 is 0 Å². The van der Waals surface area contributed by atoms with Gasteiger partial charge >= 0.3 is 0 Å². The van der Waals surface area contributed by atoms with Crippen molar-refractivity contribution in [1.29, 1.82) is 0 Å². The SMILES string of the molecule is CC1(CO)CC(c2ccc(Br)o2)CN1. The molecule has 0 spiro atoms. The van der Waals surface area contributed by atoms with Crippen LogP contribution in [0.4, 0.5) is 0 Å². The summed E-state index contributed by atoms with van der Waals surface area (Å²) in [5.74, 6) is 1.36. The Morgan fingerprint density at radius 3 is 3.00 bits per heavy atom. The summed E-state index contributed by atoms with van der Waals surface area (Å²) in [6.07, 6.45) is 0.920. The predicted octanol–water partition coefficient (Wildman–Crippen LogP) is 1.87. The molecule has 1 fully saturated rings. The molecule has 0 radical (unpaired) electrons. The maximum Gasteiger partial charge on any atom is 0.169 e. The van der Waals surface area contributed by atoms with Crippen molar-refractivity contribution >= 4 is 15.9 Å². The lowest BCUT2D eigenvalue weighted by Gasteiger charge is -2.20. The van der Waals surface area contributed by atoms with Crippen LogP contribution in [0.25, 0.3) is 0 Å². The molecular weight excluding hydrogens is 246 g/mol. The highest BCUT2D eigenvalue weighted by molar-refractivity contribution is 9.10. The summed E-state index contributed by atoms with van der Waals surface area (Å²) in [5, 5.41) is 12.5. The quantitative estimate of drug-likeness (QED) is 0.853. The van der Waals surface area contributed by atoms with Crippen LogP contribution >= 0.6 is 15.9 Å². The molecule has 1 aromatic heterocycles. The molecule has 0 aliphatic carbocycles. The molecule has 2 unspecified atom stereocenters. The van der Waals surface area contributed by atoms with Crippen molar-refractivity contribution in [3.8, 4) is 0 Å². The third kappa shape index (κ3) is 1.87. The van der Waals surface area contributed by atoms with Crippen molar-refractivity contribution in [3.63, 3.8) is 0 Å². The van der Waals surface area contributed by atoms with Gasteiger partial charge in [0.25, 0.3) is 0 Å². The van der Waals surface area contributed by atoms with Crippen molar-refractivity contribution in [1.82, 2.24) is 5.32 Å². The van der Waals surface area contributed by atoms with E-state index in [1.165, 1.54) is 0 Å². The van der Waals surface area contributed by atoms with E-state index in [-0.39, 0.29) is 12.1 Å². The second kappa shape index (κ2) is 3.68. The summed E-state index contributed by atoms with van der Waals surface area (Å²) in [6.45, 7) is 3.08. The molecule has 0 saturated carbocycles. The molecule has 0 aromatic carbocycles. The zero-order valence-corrected chi connectivity index (χ0v) is 9.67. The van der Waals surface area contributed by atoms with Crippen molar-refractivity contribution in [2.45, 2.75) is 24.8 Å². The monoisotopic (exact) mass is 259 g/mol. The zero-order chi connectivity index (χ0) is 10.2. The second-order valence-electron chi connectivity index (χ2n) is 4.14. The van der Waals surface area contributed by atoms with Crippen molar-refractivity contribution in [3.05, 3.63) is 22.6 Å². The lowest BCUT2D eigenvalue weighted by molar-refractivity contribution is 0.190. The van der Waals surface area contributed by atoms with E-state index in [1.807, 2.05) is 19.1 Å². The van der Waals surface area contributed by atoms with Crippen LogP contribution in [0.2, 0.25) is 0 Å². The van der Waals surface area contributed by atoms with Gasteiger partial charge in [0.05, 0.1) is 6.61 Å². The average molecular weight is 260 g/mol. The summed E-state index contributed by atoms with van der Waals surface area (Å²) in [7, 11) is 0. The van der Waals surface area contributed by atoms with Crippen LogP contribution in [0.3, 0.4) is 0 Å². The molecule has 14 heavy (non-hydrogen) atoms. The fourth-order valence-corrected chi connectivity index (χ4v) is 2.25. The Hall–Kier alpha value is -0.320. The Kier molecular flexibility index (Phi) is 2.68. The van der Waals surface area contributed by atoms with Crippen LogP contribution in [0.5, 0.6) is 0 Å². The highest BCUT2D eigenvalue weighted by Crippen LogP contribution is 2.33. The minimum Gasteiger partial charge on any atom is -0.454 e. The van der Waals surface area contributed by atoms with Gasteiger partial charge in [-0.15, -0.1) is 0 Å². The first-order valence-corrected chi connectivity index (χ1v) is 5.53. The van der Waals surface area contributed by atoms with Crippen LogP contribution in [0, 0.1) is 0 Å². The molecular formula is C10H14BrNO2. The van der Waals surface area contributed by atoms with Crippen molar-refractivity contribution < 1.29 is 9.52 Å². The van der Waals surface area contributed by atoms with E-state index in [1.54, 1.807) is 0 Å². The molecule has 0 amide bonds. The Morgan fingerprint density at radius 1 is 1.71 bits per heavy atom. The van der Waals surface area contributed by atoms with Gasteiger partial charge in [0, 0.05) is 18.0 Å². The van der Waals surface area contributed by atoms with Crippen LogP contribution in [-0.4, -0.2) is 23.8 Å². The summed E-state index contributed by atoms with van der Waals surface area (Å²) < 4.78 is 6.27. The molecule has 4 heteroatoms. The number of halogens is 1. The summed E-state index contributed by atoms with van der Waals surface area (Å²) in [4.78, 5) is 0. The molecule has 2 rings (SSSR count). The smallest absolute Gasteiger partial charge is 0.169 e. The van der Waals surface area contributed by atoms with E-state index in [0.717, 1.165) is 23.4 Å². The Balaban J connectivity index is 2.09. The number of aliphatic hydroxyl groups excluding tert-OH is 1. The van der Waals surface area contributed by atoms with E-state index >= 15 is 0 Å². The molecule has 1 saturated heterocycles. The van der Waals surface area contributed by atoms with Gasteiger partial charge in [-0.1, -0.05) is 0 Å². The van der Waals surface area contributed by atoms with Crippen LogP contribution in [0.15, 0.2) is 21.2 Å². The normalized spacial score (nSPS) is 32.4. The van der Waals surface area contributed by atoms with Gasteiger partial charge in [0.2, 0.25) is 0 Å². The van der Waals surface area contributed by atoms with Gasteiger partial charge in [0.1, 0.15) is 5.76 Å². The number of rotatable bonds is 2. The predicted molar refractivity (Wildman–Crippen MR) is 57.3 cm³/mol. The minimum atomic E-state index is -0.149. The molecule has 2 N–H and O–H groups in total. The highest BCUT2D eigenvalue weighted by Gasteiger charge is 2.35. The van der Waals surface area contributed by atoms with E-state index in [9.17, 15) is 5.11 Å². The van der Waals surface area contributed by atoms with E-state index in [4.69, 9.17) is 4.42 Å². The molecule has 0 bridgehead atoms. The van der Waals surface area contributed by atoms with Crippen molar-refractivity contribution in [2.75, 3.05) is 13.2 Å². The molecule has 1 aliphatic rings. The summed E-state index contributed by atoms with van der Waals surface area (Å²) in [6, 6.07) is 3.89. The fourth-order valence-electron chi connectivity index (χ4n) is 1.93. The van der Waals surface area contributed by atoms with Gasteiger partial charge < -0.3 is 14.8 Å². The molecule has 2 heterocycles. The maximum atomic E-state index is 9.19. The Morgan fingerprint density at radius 2 is 2.50 bits per heavy atom. The number of hydrogen-bond acceptors (Lipinski definition) is 3. The first-order chi connectivity index (χ1) is 6.63. The summed E-state index contributed by atoms with van der Waals surface area (Å²) in [5.41, 5.74) is -0.149. The topological polar surface area (TPSA) is 45.4 Å². The molecule has 3 nitrogen and oxygen atoms in total. The number of aliphatic hydroxyl groups is 1. The Labute approximate surface area is 91.6 Å². The average Bonchev–Trinajstić information content (AvgIpc) is 2.73. The minimum absolute atomic E-state index is 0.149. The van der Waals surface area contributed by atoms with Gasteiger partial charge in [-0.3, -0.25) is 0 Å². The molecule has 2 atom stereocenters. The van der Waals surface area contributed by atoms with E-state index in [0.29, 0.717) is 5.92 Å². The third-order valence-electron chi connectivity index (χ3n) is 2.82. The van der Waals surface area contributed by atoms with Gasteiger partial charge in [-0.25, -0.2) is 0 Å². The number of furan rings is 1. The van der Waals surface area contributed by atoms with Crippen molar-refractivity contribution in [2.24, 2.45) is 0 Å². The van der Waals surface area contributed by atoms with Crippen LogP contribution < -0.4 is 5.32 Å². The first-order valence-electron chi connectivity index (χ1n) is 4.74. The van der Waals surface area contributed by atoms with Gasteiger partial charge in [0.15, 0.2) is 4.67 Å². The van der Waals surface area contributed by atoms with Crippen LogP contribution in [0.1, 0.15) is 25.0 Å². The molecule has 1 aromatic rings. The lowest BCUT2D eigenvalue weighted by Crippen LogP contribution is -2.39. The lowest BCUT2D eigenvalue weighted by atomic mass is 9.94. The largest absolute Gasteiger partial charge is 0.454 e. The van der Waals surface area contributed by atoms with Gasteiger partial charge in [-0.05, 0) is 41.4 Å². The molecule has 1 aliphatic heterocycles.